The molecule has 0 aliphatic carbocycles. The van der Waals surface area contributed by atoms with Gasteiger partial charge in [-0.3, -0.25) is 4.79 Å². The summed E-state index contributed by atoms with van der Waals surface area (Å²) in [7, 11) is -2.58. The monoisotopic (exact) mass is 438 g/mol. The van der Waals surface area contributed by atoms with Crippen molar-refractivity contribution in [2.45, 2.75) is 69.8 Å². The maximum atomic E-state index is 12.7. The zero-order valence-electron chi connectivity index (χ0n) is 18.9. The molecule has 2 aromatic carbocycles. The molecule has 2 saturated heterocycles. The molecule has 0 bridgehead atoms. The molecule has 4 rings (SSSR count). The van der Waals surface area contributed by atoms with Gasteiger partial charge in [0.25, 0.3) is 8.32 Å². The molecule has 0 amide bonds. The van der Waals surface area contributed by atoms with E-state index >= 15 is 0 Å². The predicted molar refractivity (Wildman–Crippen MR) is 125 cm³/mol. The normalized spacial score (nSPS) is 24.6. The summed E-state index contributed by atoms with van der Waals surface area (Å²) in [5.41, 5.74) is 0. The fraction of sp³-hybridized carbons (Fsp3) is 0.500. The third-order valence-electron chi connectivity index (χ3n) is 6.60. The summed E-state index contributed by atoms with van der Waals surface area (Å²) in [4.78, 5) is 12.7. The summed E-state index contributed by atoms with van der Waals surface area (Å²) in [5, 5.41) is 2.44. The summed E-state index contributed by atoms with van der Waals surface area (Å²) in [6, 6.07) is 21.2. The van der Waals surface area contributed by atoms with Crippen LogP contribution in [0.2, 0.25) is 5.04 Å². The number of ketones is 1. The molecule has 0 saturated carbocycles. The zero-order valence-corrected chi connectivity index (χ0v) is 19.9. The van der Waals surface area contributed by atoms with Gasteiger partial charge in [0.15, 0.2) is 5.78 Å². The van der Waals surface area contributed by atoms with Crippen molar-refractivity contribution in [2.24, 2.45) is 0 Å². The largest absolute Gasteiger partial charge is 0.407 e. The Balaban J connectivity index is 1.56. The van der Waals surface area contributed by atoms with Crippen molar-refractivity contribution in [2.75, 3.05) is 13.2 Å². The van der Waals surface area contributed by atoms with E-state index in [2.05, 4.69) is 69.3 Å². The second kappa shape index (κ2) is 9.37. The SMILES string of the molecule is CC(C)(C)[Si](OCC[C@@H]1O[C@H]2CCCO[C@@H]2CC1=O)(c1ccccc1)c1ccccc1. The highest BCUT2D eigenvalue weighted by atomic mass is 28.4. The summed E-state index contributed by atoms with van der Waals surface area (Å²) in [5.74, 6) is 0.147. The van der Waals surface area contributed by atoms with Gasteiger partial charge in [0.2, 0.25) is 0 Å². The molecule has 2 aromatic rings. The standard InChI is InChI=1S/C26H34O4Si/c1-26(2,3)31(20-11-6-4-7-12-20,21-13-8-5-9-14-21)29-18-16-23-22(27)19-25-24(30-23)15-10-17-28-25/h4-9,11-14,23-25H,10,15-19H2,1-3H3/t23-,24-,25+/m0/s1. The lowest BCUT2D eigenvalue weighted by Gasteiger charge is -2.43. The molecule has 2 fully saturated rings. The van der Waals surface area contributed by atoms with Crippen LogP contribution in [0.15, 0.2) is 60.7 Å². The number of hydrogen-bond donors (Lipinski definition) is 0. The summed E-state index contributed by atoms with van der Waals surface area (Å²) < 4.78 is 18.9. The number of ether oxygens (including phenoxy) is 2. The topological polar surface area (TPSA) is 44.8 Å². The Morgan fingerprint density at radius 3 is 2.16 bits per heavy atom. The summed E-state index contributed by atoms with van der Waals surface area (Å²) in [6.45, 7) is 8.05. The molecule has 0 radical (unpaired) electrons. The Morgan fingerprint density at radius 2 is 1.58 bits per heavy atom. The van der Waals surface area contributed by atoms with Gasteiger partial charge in [0.1, 0.15) is 6.10 Å². The lowest BCUT2D eigenvalue weighted by Crippen LogP contribution is -2.66. The van der Waals surface area contributed by atoms with Crippen molar-refractivity contribution in [1.82, 2.24) is 0 Å². The van der Waals surface area contributed by atoms with E-state index in [4.69, 9.17) is 13.9 Å². The lowest BCUT2D eigenvalue weighted by atomic mass is 9.94. The van der Waals surface area contributed by atoms with Crippen LogP contribution in [0.25, 0.3) is 0 Å². The van der Waals surface area contributed by atoms with Crippen LogP contribution in [0.3, 0.4) is 0 Å². The summed E-state index contributed by atoms with van der Waals surface area (Å²) >= 11 is 0. The van der Waals surface area contributed by atoms with Crippen LogP contribution < -0.4 is 10.4 Å². The fourth-order valence-electron chi connectivity index (χ4n) is 5.08. The predicted octanol–water partition coefficient (Wildman–Crippen LogP) is 3.86. The van der Waals surface area contributed by atoms with E-state index in [1.165, 1.54) is 10.4 Å². The van der Waals surface area contributed by atoms with Crippen molar-refractivity contribution in [3.63, 3.8) is 0 Å². The highest BCUT2D eigenvalue weighted by molar-refractivity contribution is 6.99. The lowest BCUT2D eigenvalue weighted by molar-refractivity contribution is -0.178. The van der Waals surface area contributed by atoms with Crippen molar-refractivity contribution in [3.05, 3.63) is 60.7 Å². The van der Waals surface area contributed by atoms with Crippen molar-refractivity contribution >= 4 is 24.5 Å². The smallest absolute Gasteiger partial charge is 0.261 e. The molecule has 2 heterocycles. The van der Waals surface area contributed by atoms with Gasteiger partial charge in [0, 0.05) is 26.1 Å². The van der Waals surface area contributed by atoms with Crippen LogP contribution in [-0.2, 0) is 18.7 Å². The maximum absolute atomic E-state index is 12.7. The van der Waals surface area contributed by atoms with Crippen LogP contribution in [0.5, 0.6) is 0 Å². The molecule has 2 aliphatic heterocycles. The Labute approximate surface area is 187 Å². The van der Waals surface area contributed by atoms with E-state index < -0.39 is 8.32 Å². The number of rotatable bonds is 6. The minimum atomic E-state index is -2.58. The second-order valence-electron chi connectivity index (χ2n) is 9.69. The average molecular weight is 439 g/mol. The van der Waals surface area contributed by atoms with E-state index in [1.807, 2.05) is 12.1 Å². The third-order valence-corrected chi connectivity index (χ3v) is 11.6. The van der Waals surface area contributed by atoms with Gasteiger partial charge >= 0.3 is 0 Å². The molecular formula is C26H34O4Si. The third kappa shape index (κ3) is 4.56. The van der Waals surface area contributed by atoms with Crippen molar-refractivity contribution in [3.8, 4) is 0 Å². The van der Waals surface area contributed by atoms with E-state index in [-0.39, 0.29) is 29.1 Å². The van der Waals surface area contributed by atoms with Crippen LogP contribution in [0, 0.1) is 0 Å². The quantitative estimate of drug-likeness (QED) is 0.643. The highest BCUT2D eigenvalue weighted by Crippen LogP contribution is 2.37. The van der Waals surface area contributed by atoms with Gasteiger partial charge in [-0.2, -0.15) is 0 Å². The average Bonchev–Trinajstić information content (AvgIpc) is 2.77. The summed E-state index contributed by atoms with van der Waals surface area (Å²) in [6.07, 6.45) is 2.63. The number of carbonyl (C=O) groups is 1. The first-order valence-corrected chi connectivity index (χ1v) is 13.4. The van der Waals surface area contributed by atoms with E-state index in [0.717, 1.165) is 19.4 Å². The first kappa shape index (κ1) is 22.4. The zero-order chi connectivity index (χ0) is 21.9. The number of carbonyl (C=O) groups excluding carboxylic acids is 1. The molecule has 5 heteroatoms. The molecule has 2 aliphatic rings. The molecule has 3 atom stereocenters. The molecule has 0 unspecified atom stereocenters. The number of fused-ring (bicyclic) bond motifs is 1. The highest BCUT2D eigenvalue weighted by Gasteiger charge is 2.50. The Kier molecular flexibility index (Phi) is 6.77. The first-order chi connectivity index (χ1) is 14.9. The molecule has 4 nitrogen and oxygen atoms in total. The van der Waals surface area contributed by atoms with E-state index in [0.29, 0.717) is 19.4 Å². The number of benzene rings is 2. The molecule has 0 aromatic heterocycles. The molecule has 0 N–H and O–H groups in total. The second-order valence-corrected chi connectivity index (χ2v) is 14.0. The molecular weight excluding hydrogens is 404 g/mol. The van der Waals surface area contributed by atoms with E-state index in [9.17, 15) is 4.79 Å². The fourth-order valence-corrected chi connectivity index (χ4v) is 9.66. The van der Waals surface area contributed by atoms with Crippen molar-refractivity contribution < 1.29 is 18.7 Å². The van der Waals surface area contributed by atoms with E-state index in [1.54, 1.807) is 0 Å². The molecule has 31 heavy (non-hydrogen) atoms. The Hall–Kier alpha value is -1.79. The van der Waals surface area contributed by atoms with Crippen LogP contribution >= 0.6 is 0 Å². The number of Topliss-reactive ketones (excluding diaryl/α,β-unsaturated/α-hetero) is 1. The molecule has 0 spiro atoms. The minimum absolute atomic E-state index is 0.0457. The Bertz CT molecular complexity index is 822. The van der Waals surface area contributed by atoms with Crippen LogP contribution in [0.1, 0.15) is 46.5 Å². The molecule has 166 valence electrons. The Morgan fingerprint density at radius 1 is 0.968 bits per heavy atom. The first-order valence-electron chi connectivity index (χ1n) is 11.5. The maximum Gasteiger partial charge on any atom is 0.261 e. The minimum Gasteiger partial charge on any atom is -0.407 e. The van der Waals surface area contributed by atoms with Crippen molar-refractivity contribution in [1.29, 1.82) is 0 Å². The van der Waals surface area contributed by atoms with Gasteiger partial charge in [-0.25, -0.2) is 0 Å². The number of hydrogen-bond acceptors (Lipinski definition) is 4. The van der Waals surface area contributed by atoms with Gasteiger partial charge in [-0.05, 0) is 28.3 Å². The van der Waals surface area contributed by atoms with Crippen LogP contribution in [0.4, 0.5) is 0 Å². The van der Waals surface area contributed by atoms with Gasteiger partial charge < -0.3 is 13.9 Å². The van der Waals surface area contributed by atoms with Gasteiger partial charge in [-0.1, -0.05) is 81.4 Å². The van der Waals surface area contributed by atoms with Crippen LogP contribution in [-0.4, -0.2) is 45.6 Å². The van der Waals surface area contributed by atoms with Gasteiger partial charge in [0.05, 0.1) is 12.2 Å². The van der Waals surface area contributed by atoms with Gasteiger partial charge in [-0.15, -0.1) is 0 Å².